The molecule has 3 aromatic rings. The van der Waals surface area contributed by atoms with Crippen LogP contribution in [-0.2, 0) is 0 Å². The zero-order valence-electron chi connectivity index (χ0n) is 14.1. The molecule has 0 saturated carbocycles. The number of hydrogen-bond donors (Lipinski definition) is 2. The van der Waals surface area contributed by atoms with Crippen LogP contribution in [0.4, 0.5) is 17.3 Å². The average Bonchev–Trinajstić information content (AvgIpc) is 3.21. The second-order valence-corrected chi connectivity index (χ2v) is 8.08. The topological polar surface area (TPSA) is 108 Å². The van der Waals surface area contributed by atoms with Gasteiger partial charge in [0.1, 0.15) is 17.2 Å². The maximum Gasteiger partial charge on any atom is 0.231 e. The van der Waals surface area contributed by atoms with E-state index in [0.29, 0.717) is 39.0 Å². The lowest BCUT2D eigenvalue weighted by atomic mass is 10.0. The molecule has 2 aliphatic heterocycles. The summed E-state index contributed by atoms with van der Waals surface area (Å²) in [5, 5.41) is 3.70. The first-order valence-electron chi connectivity index (χ1n) is 8.25. The molecule has 0 aliphatic carbocycles. The number of fused-ring (bicyclic) bond motifs is 2. The molecule has 28 heavy (non-hydrogen) atoms. The minimum atomic E-state index is -0.239. The first kappa shape index (κ1) is 17.5. The summed E-state index contributed by atoms with van der Waals surface area (Å²) in [6.07, 6.45) is 1.90. The molecule has 0 saturated heterocycles. The van der Waals surface area contributed by atoms with Crippen LogP contribution in [0.2, 0.25) is 9.62 Å². The first-order chi connectivity index (χ1) is 13.6. The molecule has 0 radical (unpaired) electrons. The number of thiazole rings is 1. The van der Waals surface area contributed by atoms with Gasteiger partial charge in [0.15, 0.2) is 27.6 Å². The molecule has 8 nitrogen and oxygen atoms in total. The normalized spacial score (nSPS) is 17.5. The van der Waals surface area contributed by atoms with Gasteiger partial charge in [-0.25, -0.2) is 19.9 Å². The Balaban J connectivity index is 1.64. The molecule has 0 amide bonds. The Labute approximate surface area is 173 Å². The number of benzene rings is 1. The van der Waals surface area contributed by atoms with E-state index in [1.807, 2.05) is 18.2 Å². The average molecular weight is 435 g/mol. The number of rotatable bonds is 2. The van der Waals surface area contributed by atoms with Crippen LogP contribution in [0, 0.1) is 0 Å². The quantitative estimate of drug-likeness (QED) is 0.620. The van der Waals surface area contributed by atoms with Gasteiger partial charge in [-0.1, -0.05) is 23.2 Å². The van der Waals surface area contributed by atoms with Crippen LogP contribution >= 0.6 is 34.5 Å². The van der Waals surface area contributed by atoms with E-state index in [4.69, 9.17) is 43.4 Å². The third-order valence-corrected chi connectivity index (χ3v) is 6.09. The van der Waals surface area contributed by atoms with Crippen molar-refractivity contribution in [1.82, 2.24) is 15.0 Å². The Morgan fingerprint density at radius 1 is 1.18 bits per heavy atom. The Bertz CT molecular complexity index is 1120. The molecule has 5 rings (SSSR count). The molecular formula is C17H12Cl2N6O2S. The highest BCUT2D eigenvalue weighted by molar-refractivity contribution is 7.16. The fourth-order valence-corrected chi connectivity index (χ4v) is 4.61. The number of halogens is 2. The Kier molecular flexibility index (Phi) is 4.22. The molecule has 3 N–H and O–H groups in total. The molecule has 1 unspecified atom stereocenters. The van der Waals surface area contributed by atoms with Crippen LogP contribution in [0.15, 0.2) is 29.5 Å². The SMILES string of the molecule is Nc1ncnc2c1N=C(c1ccc3c(c1)OCO3)CC(c1sc(Cl)nc1Cl)N2. The van der Waals surface area contributed by atoms with Gasteiger partial charge in [-0.05, 0) is 23.8 Å². The van der Waals surface area contributed by atoms with Crippen molar-refractivity contribution < 1.29 is 9.47 Å². The van der Waals surface area contributed by atoms with Crippen molar-refractivity contribution in [1.29, 1.82) is 0 Å². The summed E-state index contributed by atoms with van der Waals surface area (Å²) in [5.41, 5.74) is 8.18. The van der Waals surface area contributed by atoms with Gasteiger partial charge in [0.05, 0.1) is 16.6 Å². The molecule has 0 bridgehead atoms. The molecule has 11 heteroatoms. The van der Waals surface area contributed by atoms with Crippen LogP contribution in [0.25, 0.3) is 0 Å². The standard InChI is InChI=1S/C17H12Cl2N6O2S/c18-14-13(28-17(19)25-14)9-4-8(7-1-2-10-11(3-7)27-6-26-10)23-12-15(20)21-5-22-16(12)24-9/h1-3,5,9H,4,6H2,(H3,20,21,22,24). The highest BCUT2D eigenvalue weighted by atomic mass is 35.5. The van der Waals surface area contributed by atoms with Gasteiger partial charge < -0.3 is 20.5 Å². The van der Waals surface area contributed by atoms with E-state index >= 15 is 0 Å². The van der Waals surface area contributed by atoms with E-state index in [1.165, 1.54) is 17.7 Å². The molecule has 1 atom stereocenters. The molecular weight excluding hydrogens is 423 g/mol. The van der Waals surface area contributed by atoms with Gasteiger partial charge in [-0.3, -0.25) is 0 Å². The largest absolute Gasteiger partial charge is 0.454 e. The van der Waals surface area contributed by atoms with Gasteiger partial charge in [-0.15, -0.1) is 11.3 Å². The van der Waals surface area contributed by atoms with Crippen LogP contribution in [0.5, 0.6) is 11.5 Å². The number of nitrogens with one attached hydrogen (secondary N) is 1. The number of ether oxygens (including phenoxy) is 2. The predicted octanol–water partition coefficient (Wildman–Crippen LogP) is 4.23. The summed E-state index contributed by atoms with van der Waals surface area (Å²) in [6, 6.07) is 5.44. The van der Waals surface area contributed by atoms with Crippen molar-refractivity contribution in [2.45, 2.75) is 12.5 Å². The lowest BCUT2D eigenvalue weighted by Gasteiger charge is -2.17. The van der Waals surface area contributed by atoms with Crippen LogP contribution in [-0.4, -0.2) is 27.5 Å². The molecule has 0 fully saturated rings. The Morgan fingerprint density at radius 3 is 2.86 bits per heavy atom. The highest BCUT2D eigenvalue weighted by Gasteiger charge is 2.28. The minimum Gasteiger partial charge on any atom is -0.454 e. The molecule has 4 heterocycles. The number of nitrogens with two attached hydrogens (primary N) is 1. The van der Waals surface area contributed by atoms with Gasteiger partial charge in [0.25, 0.3) is 0 Å². The Hall–Kier alpha value is -2.62. The van der Waals surface area contributed by atoms with E-state index in [1.54, 1.807) is 0 Å². The molecule has 142 valence electrons. The number of nitrogens with zero attached hydrogens (tertiary/aromatic N) is 4. The van der Waals surface area contributed by atoms with E-state index in [2.05, 4.69) is 20.3 Å². The minimum absolute atomic E-state index is 0.202. The lowest BCUT2D eigenvalue weighted by molar-refractivity contribution is 0.174. The summed E-state index contributed by atoms with van der Waals surface area (Å²) < 4.78 is 11.3. The summed E-state index contributed by atoms with van der Waals surface area (Å²) >= 11 is 13.7. The third-order valence-electron chi connectivity index (χ3n) is 4.41. The monoisotopic (exact) mass is 434 g/mol. The highest BCUT2D eigenvalue weighted by Crippen LogP contribution is 2.42. The zero-order chi connectivity index (χ0) is 19.3. The lowest BCUT2D eigenvalue weighted by Crippen LogP contribution is -2.14. The number of nitrogen functional groups attached to an aromatic ring is 1. The van der Waals surface area contributed by atoms with Crippen molar-refractivity contribution >= 4 is 57.6 Å². The van der Waals surface area contributed by atoms with E-state index in [-0.39, 0.29) is 18.7 Å². The van der Waals surface area contributed by atoms with Crippen molar-refractivity contribution in [2.75, 3.05) is 17.8 Å². The first-order valence-corrected chi connectivity index (χ1v) is 9.82. The van der Waals surface area contributed by atoms with Gasteiger partial charge in [-0.2, -0.15) is 0 Å². The number of hydrogen-bond acceptors (Lipinski definition) is 9. The zero-order valence-corrected chi connectivity index (χ0v) is 16.5. The van der Waals surface area contributed by atoms with Crippen molar-refractivity contribution in [3.63, 3.8) is 0 Å². The van der Waals surface area contributed by atoms with Crippen molar-refractivity contribution in [2.24, 2.45) is 4.99 Å². The predicted molar refractivity (Wildman–Crippen MR) is 108 cm³/mol. The molecule has 2 aromatic heterocycles. The number of anilines is 2. The van der Waals surface area contributed by atoms with E-state index < -0.39 is 0 Å². The summed E-state index contributed by atoms with van der Waals surface area (Å²) in [4.78, 5) is 18.0. The molecule has 1 aromatic carbocycles. The fourth-order valence-electron chi connectivity index (χ4n) is 3.12. The van der Waals surface area contributed by atoms with E-state index in [9.17, 15) is 0 Å². The van der Waals surface area contributed by atoms with Crippen LogP contribution in [0.1, 0.15) is 22.9 Å². The third kappa shape index (κ3) is 3.01. The number of aliphatic imine (C=N–C) groups is 1. The second-order valence-electron chi connectivity index (χ2n) is 6.11. The number of aromatic nitrogens is 3. The summed E-state index contributed by atoms with van der Waals surface area (Å²) in [6.45, 7) is 0.202. The van der Waals surface area contributed by atoms with Gasteiger partial charge in [0.2, 0.25) is 6.79 Å². The van der Waals surface area contributed by atoms with Gasteiger partial charge >= 0.3 is 0 Å². The van der Waals surface area contributed by atoms with Gasteiger partial charge in [0, 0.05) is 6.42 Å². The van der Waals surface area contributed by atoms with Crippen LogP contribution in [0.3, 0.4) is 0 Å². The summed E-state index contributed by atoms with van der Waals surface area (Å²) in [7, 11) is 0. The Morgan fingerprint density at radius 2 is 2.04 bits per heavy atom. The summed E-state index contributed by atoms with van der Waals surface area (Å²) in [5.74, 6) is 2.18. The fraction of sp³-hybridized carbons (Fsp3) is 0.176. The maximum atomic E-state index is 6.30. The van der Waals surface area contributed by atoms with Crippen molar-refractivity contribution in [3.05, 3.63) is 44.6 Å². The smallest absolute Gasteiger partial charge is 0.231 e. The molecule has 0 spiro atoms. The van der Waals surface area contributed by atoms with Crippen LogP contribution < -0.4 is 20.5 Å². The molecule has 2 aliphatic rings. The van der Waals surface area contributed by atoms with E-state index in [0.717, 1.165) is 16.2 Å². The maximum absolute atomic E-state index is 6.30. The second kappa shape index (κ2) is 6.77. The van der Waals surface area contributed by atoms with Crippen molar-refractivity contribution in [3.8, 4) is 11.5 Å².